The summed E-state index contributed by atoms with van der Waals surface area (Å²) in [6.45, 7) is 0. The summed E-state index contributed by atoms with van der Waals surface area (Å²) in [5.41, 5.74) is 1.39. The Bertz CT molecular complexity index is 442. The molecule has 13 heavy (non-hydrogen) atoms. The largest absolute Gasteiger partial charge is 0.481 e. The van der Waals surface area contributed by atoms with Crippen LogP contribution >= 0.6 is 0 Å². The topological polar surface area (TPSA) is 50.4 Å². The second kappa shape index (κ2) is 2.94. The number of hydrogen-bond donors (Lipinski definition) is 1. The number of aliphatic carboxylic acids is 1. The molecule has 2 aromatic rings. The molecule has 1 heterocycles. The van der Waals surface area contributed by atoms with Crippen LogP contribution in [0.2, 0.25) is 0 Å². The van der Waals surface area contributed by atoms with E-state index in [1.165, 1.54) is 0 Å². The van der Waals surface area contributed by atoms with E-state index in [0.29, 0.717) is 5.58 Å². The summed E-state index contributed by atoms with van der Waals surface area (Å²) in [5, 5.41) is 9.57. The third-order valence-corrected chi connectivity index (χ3v) is 1.90. The Labute approximate surface area is 74.6 Å². The SMILES string of the molecule is O=C(O)Cc1cccc2ccoc12. The number of rotatable bonds is 2. The molecule has 0 unspecified atom stereocenters. The van der Waals surface area contributed by atoms with Crippen LogP contribution in [0.1, 0.15) is 5.56 Å². The van der Waals surface area contributed by atoms with Gasteiger partial charge >= 0.3 is 5.97 Å². The number of para-hydroxylation sites is 1. The molecule has 0 radical (unpaired) electrons. The van der Waals surface area contributed by atoms with Gasteiger partial charge in [-0.15, -0.1) is 0 Å². The molecule has 3 nitrogen and oxygen atoms in total. The van der Waals surface area contributed by atoms with Crippen molar-refractivity contribution in [3.63, 3.8) is 0 Å². The van der Waals surface area contributed by atoms with Crippen molar-refractivity contribution >= 4 is 16.9 Å². The standard InChI is InChI=1S/C10H8O3/c11-9(12)6-8-3-1-2-7-4-5-13-10(7)8/h1-5H,6H2,(H,11,12). The van der Waals surface area contributed by atoms with Crippen molar-refractivity contribution in [3.8, 4) is 0 Å². The van der Waals surface area contributed by atoms with E-state index in [2.05, 4.69) is 0 Å². The first-order valence-electron chi connectivity index (χ1n) is 3.94. The molecule has 0 fully saturated rings. The second-order valence-electron chi connectivity index (χ2n) is 2.83. The number of carboxylic acids is 1. The third-order valence-electron chi connectivity index (χ3n) is 1.90. The van der Waals surface area contributed by atoms with Gasteiger partial charge in [0.1, 0.15) is 5.58 Å². The van der Waals surface area contributed by atoms with Crippen molar-refractivity contribution < 1.29 is 14.3 Å². The lowest BCUT2D eigenvalue weighted by molar-refractivity contribution is -0.136. The van der Waals surface area contributed by atoms with E-state index in [4.69, 9.17) is 9.52 Å². The molecule has 66 valence electrons. The molecular weight excluding hydrogens is 168 g/mol. The molecule has 0 saturated heterocycles. The lowest BCUT2D eigenvalue weighted by atomic mass is 10.1. The van der Waals surface area contributed by atoms with Gasteiger partial charge in [-0.25, -0.2) is 0 Å². The van der Waals surface area contributed by atoms with E-state index >= 15 is 0 Å². The van der Waals surface area contributed by atoms with Gasteiger partial charge in [-0.2, -0.15) is 0 Å². The molecule has 2 rings (SSSR count). The van der Waals surface area contributed by atoms with Crippen LogP contribution in [0.5, 0.6) is 0 Å². The molecule has 0 amide bonds. The fourth-order valence-electron chi connectivity index (χ4n) is 1.36. The first-order valence-corrected chi connectivity index (χ1v) is 3.94. The van der Waals surface area contributed by atoms with E-state index in [9.17, 15) is 4.79 Å². The highest BCUT2D eigenvalue weighted by molar-refractivity contribution is 5.84. The number of benzene rings is 1. The maximum Gasteiger partial charge on any atom is 0.307 e. The number of fused-ring (bicyclic) bond motifs is 1. The van der Waals surface area contributed by atoms with Crippen LogP contribution in [0, 0.1) is 0 Å². The van der Waals surface area contributed by atoms with Crippen molar-refractivity contribution in [2.45, 2.75) is 6.42 Å². The number of carbonyl (C=O) groups is 1. The summed E-state index contributed by atoms with van der Waals surface area (Å²) in [7, 11) is 0. The van der Waals surface area contributed by atoms with Gasteiger partial charge in [-0.05, 0) is 6.07 Å². The molecule has 0 aliphatic heterocycles. The van der Waals surface area contributed by atoms with E-state index in [0.717, 1.165) is 10.9 Å². The number of carboxylic acid groups (broad SMARTS) is 1. The number of furan rings is 1. The highest BCUT2D eigenvalue weighted by atomic mass is 16.4. The van der Waals surface area contributed by atoms with Gasteiger partial charge in [0.15, 0.2) is 0 Å². The van der Waals surface area contributed by atoms with Crippen LogP contribution < -0.4 is 0 Å². The van der Waals surface area contributed by atoms with Crippen LogP contribution in [0.4, 0.5) is 0 Å². The first-order chi connectivity index (χ1) is 6.27. The number of hydrogen-bond acceptors (Lipinski definition) is 2. The maximum absolute atomic E-state index is 10.5. The zero-order valence-electron chi connectivity index (χ0n) is 6.86. The van der Waals surface area contributed by atoms with Crippen LogP contribution in [0.25, 0.3) is 11.0 Å². The molecule has 1 aromatic carbocycles. The Morgan fingerprint density at radius 3 is 3.00 bits per heavy atom. The summed E-state index contributed by atoms with van der Waals surface area (Å²) >= 11 is 0. The molecule has 0 aliphatic rings. The molecule has 0 spiro atoms. The van der Waals surface area contributed by atoms with E-state index in [1.54, 1.807) is 12.3 Å². The minimum absolute atomic E-state index is 0.00481. The van der Waals surface area contributed by atoms with Gasteiger partial charge in [0.2, 0.25) is 0 Å². The Kier molecular flexibility index (Phi) is 1.77. The van der Waals surface area contributed by atoms with Gasteiger partial charge in [0.05, 0.1) is 12.7 Å². The van der Waals surface area contributed by atoms with Crippen molar-refractivity contribution in [3.05, 3.63) is 36.1 Å². The Hall–Kier alpha value is -1.77. The summed E-state index contributed by atoms with van der Waals surface area (Å²) < 4.78 is 5.19. The van der Waals surface area contributed by atoms with Crippen LogP contribution in [-0.2, 0) is 11.2 Å². The fourth-order valence-corrected chi connectivity index (χ4v) is 1.36. The Morgan fingerprint density at radius 2 is 2.23 bits per heavy atom. The van der Waals surface area contributed by atoms with Crippen molar-refractivity contribution in [1.29, 1.82) is 0 Å². The van der Waals surface area contributed by atoms with E-state index in [-0.39, 0.29) is 6.42 Å². The predicted octanol–water partition coefficient (Wildman–Crippen LogP) is 2.06. The monoisotopic (exact) mass is 176 g/mol. The molecular formula is C10H8O3. The van der Waals surface area contributed by atoms with Gasteiger partial charge in [-0.1, -0.05) is 18.2 Å². The molecule has 0 bridgehead atoms. The van der Waals surface area contributed by atoms with E-state index < -0.39 is 5.97 Å². The van der Waals surface area contributed by atoms with Crippen molar-refractivity contribution in [1.82, 2.24) is 0 Å². The zero-order valence-corrected chi connectivity index (χ0v) is 6.86. The maximum atomic E-state index is 10.5. The summed E-state index contributed by atoms with van der Waals surface area (Å²) in [5.74, 6) is -0.844. The molecule has 0 aliphatic carbocycles. The van der Waals surface area contributed by atoms with Gasteiger partial charge in [0.25, 0.3) is 0 Å². The normalized spacial score (nSPS) is 10.5. The van der Waals surface area contributed by atoms with E-state index in [1.807, 2.05) is 18.2 Å². The molecule has 3 heteroatoms. The highest BCUT2D eigenvalue weighted by Gasteiger charge is 2.06. The zero-order chi connectivity index (χ0) is 9.26. The average Bonchev–Trinajstić information content (AvgIpc) is 2.51. The molecule has 0 atom stereocenters. The van der Waals surface area contributed by atoms with Crippen LogP contribution in [-0.4, -0.2) is 11.1 Å². The van der Waals surface area contributed by atoms with Crippen molar-refractivity contribution in [2.75, 3.05) is 0 Å². The summed E-state index contributed by atoms with van der Waals surface area (Å²) in [6, 6.07) is 7.31. The highest BCUT2D eigenvalue weighted by Crippen LogP contribution is 2.19. The predicted molar refractivity (Wildman–Crippen MR) is 47.6 cm³/mol. The smallest absolute Gasteiger partial charge is 0.307 e. The minimum atomic E-state index is -0.844. The van der Waals surface area contributed by atoms with Crippen LogP contribution in [0.3, 0.4) is 0 Å². The lowest BCUT2D eigenvalue weighted by Crippen LogP contribution is -1.99. The van der Waals surface area contributed by atoms with Crippen molar-refractivity contribution in [2.24, 2.45) is 0 Å². The van der Waals surface area contributed by atoms with Crippen LogP contribution in [0.15, 0.2) is 34.9 Å². The average molecular weight is 176 g/mol. The molecule has 1 aromatic heterocycles. The quantitative estimate of drug-likeness (QED) is 0.761. The van der Waals surface area contributed by atoms with Gasteiger partial charge < -0.3 is 9.52 Å². The van der Waals surface area contributed by atoms with Gasteiger partial charge in [-0.3, -0.25) is 4.79 Å². The minimum Gasteiger partial charge on any atom is -0.481 e. The lowest BCUT2D eigenvalue weighted by Gasteiger charge is -1.96. The molecule has 1 N–H and O–H groups in total. The first kappa shape index (κ1) is 7.86. The third kappa shape index (κ3) is 1.40. The molecule has 0 saturated carbocycles. The fraction of sp³-hybridized carbons (Fsp3) is 0.100. The summed E-state index contributed by atoms with van der Waals surface area (Å²) in [6.07, 6.45) is 1.57. The Morgan fingerprint density at radius 1 is 1.38 bits per heavy atom. The van der Waals surface area contributed by atoms with Gasteiger partial charge in [0, 0.05) is 10.9 Å². The second-order valence-corrected chi connectivity index (χ2v) is 2.83. The summed E-state index contributed by atoms with van der Waals surface area (Å²) in [4.78, 5) is 10.5. The Balaban J connectivity index is 2.54.